The summed E-state index contributed by atoms with van der Waals surface area (Å²) in [5.41, 5.74) is 7.31. The molecule has 2 aromatic rings. The highest BCUT2D eigenvalue weighted by Gasteiger charge is 2.27. The summed E-state index contributed by atoms with van der Waals surface area (Å²) in [6.45, 7) is 0.301. The third-order valence-corrected chi connectivity index (χ3v) is 5.55. The Morgan fingerprint density at radius 3 is 2.90 bits per heavy atom. The zero-order valence-electron chi connectivity index (χ0n) is 11.0. The molecule has 2 aromatic heterocycles. The number of nitrogens with zero attached hydrogens (tertiary/aromatic N) is 2. The van der Waals surface area contributed by atoms with Crippen LogP contribution in [0.25, 0.3) is 0 Å². The number of hydrogen-bond acceptors (Lipinski definition) is 5. The van der Waals surface area contributed by atoms with Crippen molar-refractivity contribution in [1.82, 2.24) is 9.55 Å². The molecule has 0 atom stereocenters. The fraction of sp³-hybridized carbons (Fsp3) is 0.417. The number of rotatable bonds is 5. The quantitative estimate of drug-likeness (QED) is 0.878. The van der Waals surface area contributed by atoms with Crippen LogP contribution >= 0.6 is 11.3 Å². The molecular weight excluding hydrogens is 296 g/mol. The maximum absolute atomic E-state index is 12.3. The Balaban J connectivity index is 1.83. The number of aryl methyl sites for hydroxylation is 1. The van der Waals surface area contributed by atoms with Gasteiger partial charge in [0.2, 0.25) is 0 Å². The minimum atomic E-state index is -3.60. The molecule has 0 spiro atoms. The van der Waals surface area contributed by atoms with Crippen molar-refractivity contribution in [2.24, 2.45) is 12.8 Å². The third-order valence-electron chi connectivity index (χ3n) is 3.34. The highest BCUT2D eigenvalue weighted by atomic mass is 32.2. The molecule has 20 heavy (non-hydrogen) atoms. The van der Waals surface area contributed by atoms with Crippen molar-refractivity contribution < 1.29 is 8.42 Å². The summed E-state index contributed by atoms with van der Waals surface area (Å²) < 4.78 is 28.8. The molecular formula is C12H16N4O2S2. The lowest BCUT2D eigenvalue weighted by Gasteiger charge is -2.02. The Morgan fingerprint density at radius 1 is 1.55 bits per heavy atom. The molecule has 108 valence electrons. The fourth-order valence-electron chi connectivity index (χ4n) is 2.00. The Bertz CT molecular complexity index is 728. The summed E-state index contributed by atoms with van der Waals surface area (Å²) >= 11 is 1.32. The molecule has 6 nitrogen and oxygen atoms in total. The van der Waals surface area contributed by atoms with Gasteiger partial charge < -0.3 is 10.3 Å². The molecule has 1 saturated carbocycles. The zero-order valence-corrected chi connectivity index (χ0v) is 12.7. The molecule has 0 radical (unpaired) electrons. The van der Waals surface area contributed by atoms with E-state index < -0.39 is 10.0 Å². The highest BCUT2D eigenvalue weighted by molar-refractivity contribution is 7.93. The topological polar surface area (TPSA) is 90.0 Å². The van der Waals surface area contributed by atoms with Crippen LogP contribution in [0.5, 0.6) is 0 Å². The Morgan fingerprint density at radius 2 is 2.30 bits per heavy atom. The maximum atomic E-state index is 12.3. The van der Waals surface area contributed by atoms with E-state index in [0.29, 0.717) is 17.6 Å². The smallest absolute Gasteiger partial charge is 0.265 e. The monoisotopic (exact) mass is 312 g/mol. The predicted molar refractivity (Wildman–Crippen MR) is 78.2 cm³/mol. The van der Waals surface area contributed by atoms with Gasteiger partial charge in [-0.1, -0.05) is 0 Å². The average Bonchev–Trinajstić information content (AvgIpc) is 3.02. The van der Waals surface area contributed by atoms with Crippen molar-refractivity contribution in [3.63, 3.8) is 0 Å². The predicted octanol–water partition coefficient (Wildman–Crippen LogP) is 1.62. The van der Waals surface area contributed by atoms with Crippen LogP contribution in [0.4, 0.5) is 5.13 Å². The van der Waals surface area contributed by atoms with E-state index in [1.165, 1.54) is 11.3 Å². The van der Waals surface area contributed by atoms with E-state index in [2.05, 4.69) is 9.71 Å². The van der Waals surface area contributed by atoms with Gasteiger partial charge in [0.05, 0.1) is 5.69 Å². The minimum absolute atomic E-state index is 0.212. The number of aromatic nitrogens is 2. The van der Waals surface area contributed by atoms with Gasteiger partial charge in [-0.2, -0.15) is 0 Å². The summed E-state index contributed by atoms with van der Waals surface area (Å²) in [5, 5.41) is 2.34. The van der Waals surface area contributed by atoms with Crippen LogP contribution in [0.1, 0.15) is 30.1 Å². The third kappa shape index (κ3) is 2.58. The standard InChI is InChI=1S/C12H16N4O2S2/c1-16-6-10(4-9(16)5-13)20(17,18)15-12-14-11(7-19-12)8-2-3-8/h4,6-8H,2-3,5,13H2,1H3,(H,14,15). The second kappa shape index (κ2) is 4.87. The molecule has 1 aliphatic carbocycles. The van der Waals surface area contributed by atoms with E-state index in [4.69, 9.17) is 5.73 Å². The van der Waals surface area contributed by atoms with Gasteiger partial charge in [0.15, 0.2) is 5.13 Å². The number of sulfonamides is 1. The minimum Gasteiger partial charge on any atom is -0.352 e. The lowest BCUT2D eigenvalue weighted by molar-refractivity contribution is 0.601. The number of hydrogen-bond donors (Lipinski definition) is 2. The largest absolute Gasteiger partial charge is 0.352 e. The molecule has 0 amide bonds. The van der Waals surface area contributed by atoms with Crippen molar-refractivity contribution in [2.45, 2.75) is 30.2 Å². The van der Waals surface area contributed by atoms with E-state index in [1.54, 1.807) is 23.9 Å². The number of anilines is 1. The van der Waals surface area contributed by atoms with Gasteiger partial charge in [0, 0.05) is 36.8 Å². The van der Waals surface area contributed by atoms with Crippen molar-refractivity contribution in [1.29, 1.82) is 0 Å². The molecule has 2 heterocycles. The first-order valence-electron chi connectivity index (χ1n) is 6.33. The SMILES string of the molecule is Cn1cc(S(=O)(=O)Nc2nc(C3CC3)cs2)cc1CN. The molecule has 0 aromatic carbocycles. The van der Waals surface area contributed by atoms with Gasteiger partial charge in [-0.25, -0.2) is 13.4 Å². The van der Waals surface area contributed by atoms with Gasteiger partial charge in [0.25, 0.3) is 10.0 Å². The zero-order chi connectivity index (χ0) is 14.3. The Labute approximate surface area is 121 Å². The molecule has 3 N–H and O–H groups in total. The summed E-state index contributed by atoms with van der Waals surface area (Å²) in [4.78, 5) is 4.54. The average molecular weight is 312 g/mol. The van der Waals surface area contributed by atoms with Crippen LogP contribution < -0.4 is 10.5 Å². The number of nitrogens with one attached hydrogen (secondary N) is 1. The van der Waals surface area contributed by atoms with E-state index >= 15 is 0 Å². The summed E-state index contributed by atoms with van der Waals surface area (Å²) in [5.74, 6) is 0.519. The van der Waals surface area contributed by atoms with Crippen molar-refractivity contribution in [2.75, 3.05) is 4.72 Å². The van der Waals surface area contributed by atoms with Gasteiger partial charge in [-0.05, 0) is 18.9 Å². The number of nitrogens with two attached hydrogens (primary N) is 1. The van der Waals surface area contributed by atoms with E-state index in [9.17, 15) is 8.42 Å². The summed E-state index contributed by atoms with van der Waals surface area (Å²) in [6, 6.07) is 1.58. The van der Waals surface area contributed by atoms with Crippen molar-refractivity contribution in [3.8, 4) is 0 Å². The van der Waals surface area contributed by atoms with Crippen LogP contribution in [0.15, 0.2) is 22.5 Å². The second-order valence-corrected chi connectivity index (χ2v) is 7.48. The summed E-state index contributed by atoms with van der Waals surface area (Å²) in [6.07, 6.45) is 3.85. The molecule has 3 rings (SSSR count). The van der Waals surface area contributed by atoms with E-state index in [0.717, 1.165) is 24.2 Å². The lowest BCUT2D eigenvalue weighted by atomic mass is 10.3. The fourth-order valence-corrected chi connectivity index (χ4v) is 4.14. The van der Waals surface area contributed by atoms with Gasteiger partial charge in [0.1, 0.15) is 4.90 Å². The Hall–Kier alpha value is -1.38. The first-order chi connectivity index (χ1) is 9.49. The van der Waals surface area contributed by atoms with Crippen LogP contribution in [0.2, 0.25) is 0 Å². The maximum Gasteiger partial charge on any atom is 0.265 e. The van der Waals surface area contributed by atoms with Crippen LogP contribution in [-0.4, -0.2) is 18.0 Å². The van der Waals surface area contributed by atoms with E-state index in [1.807, 2.05) is 5.38 Å². The lowest BCUT2D eigenvalue weighted by Crippen LogP contribution is -2.12. The highest BCUT2D eigenvalue weighted by Crippen LogP contribution is 2.41. The molecule has 1 aliphatic rings. The van der Waals surface area contributed by atoms with Crippen LogP contribution in [0, 0.1) is 0 Å². The van der Waals surface area contributed by atoms with Gasteiger partial charge in [-0.3, -0.25) is 4.72 Å². The molecule has 8 heteroatoms. The normalized spacial score (nSPS) is 15.5. The molecule has 1 fully saturated rings. The van der Waals surface area contributed by atoms with Gasteiger partial charge >= 0.3 is 0 Å². The number of thiazole rings is 1. The van der Waals surface area contributed by atoms with Crippen molar-refractivity contribution >= 4 is 26.5 Å². The van der Waals surface area contributed by atoms with Gasteiger partial charge in [-0.15, -0.1) is 11.3 Å². The molecule has 0 aliphatic heterocycles. The van der Waals surface area contributed by atoms with Crippen LogP contribution in [-0.2, 0) is 23.6 Å². The first kappa shape index (κ1) is 13.6. The summed E-state index contributed by atoms with van der Waals surface area (Å²) in [7, 11) is -1.82. The molecule has 0 unspecified atom stereocenters. The van der Waals surface area contributed by atoms with Crippen LogP contribution in [0.3, 0.4) is 0 Å². The molecule has 0 saturated heterocycles. The second-order valence-electron chi connectivity index (χ2n) is 4.94. The first-order valence-corrected chi connectivity index (χ1v) is 8.69. The molecule has 0 bridgehead atoms. The van der Waals surface area contributed by atoms with E-state index in [-0.39, 0.29) is 4.90 Å². The van der Waals surface area contributed by atoms with Crippen molar-refractivity contribution in [3.05, 3.63) is 29.0 Å². The Kier molecular flexibility index (Phi) is 3.31.